The molecule has 0 aliphatic heterocycles. The molecule has 0 aromatic heterocycles. The summed E-state index contributed by atoms with van der Waals surface area (Å²) in [6.07, 6.45) is 10.8. The molecule has 0 bridgehead atoms. The van der Waals surface area contributed by atoms with Gasteiger partial charge in [-0.15, -0.1) is 4.67 Å². The molecule has 0 aliphatic rings. The molecule has 0 radical (unpaired) electrons. The Bertz CT molecular complexity index is 385. The summed E-state index contributed by atoms with van der Waals surface area (Å²) in [5.41, 5.74) is 0. The Balaban J connectivity index is -0.000000807. The molecule has 0 N–H and O–H groups in total. The van der Waals surface area contributed by atoms with Crippen LogP contribution in [-0.2, 0) is 28.0 Å². The SMILES string of the molecule is CCCCCCCCCCCCOP(=O)([O-])OOOP(=O)([O-])[O-].[Na+].[Na+].[Na+]. The van der Waals surface area contributed by atoms with Crippen molar-refractivity contribution in [1.82, 2.24) is 0 Å². The summed E-state index contributed by atoms with van der Waals surface area (Å²) in [6, 6.07) is 0. The maximum atomic E-state index is 11.1. The van der Waals surface area contributed by atoms with Crippen molar-refractivity contribution < 1.29 is 131 Å². The standard InChI is InChI=1S/C12H28O9P2.3Na/c1-2-3-4-5-6-7-8-9-10-11-12-18-23(16,17)21-19-20-22(13,14)15;;;/h2-12H2,1H3,(H,16,17)(H2,13,14,15);;;/q;3*+1/p-3. The molecule has 0 saturated heterocycles. The molecule has 9 nitrogen and oxygen atoms in total. The number of hydrogen-bond donors (Lipinski definition) is 0. The normalized spacial score (nSPS) is 13.1. The van der Waals surface area contributed by atoms with Gasteiger partial charge in [0.1, 0.15) is 7.82 Å². The summed E-state index contributed by atoms with van der Waals surface area (Å²) in [5.74, 6) is 0. The van der Waals surface area contributed by atoms with Crippen molar-refractivity contribution >= 4 is 15.6 Å². The quantitative estimate of drug-likeness (QED) is 0.0747. The molecule has 0 saturated carbocycles. The Morgan fingerprint density at radius 2 is 1.12 bits per heavy atom. The summed E-state index contributed by atoms with van der Waals surface area (Å²) >= 11 is 0. The van der Waals surface area contributed by atoms with Crippen LogP contribution in [0.4, 0.5) is 0 Å². The average molecular weight is 444 g/mol. The van der Waals surface area contributed by atoms with Crippen LogP contribution in [0.3, 0.4) is 0 Å². The maximum Gasteiger partial charge on any atom is 1.00 e. The Labute approximate surface area is 222 Å². The van der Waals surface area contributed by atoms with Gasteiger partial charge in [0.05, 0.1) is 6.61 Å². The minimum Gasteiger partial charge on any atom is -0.787 e. The predicted octanol–water partition coefficient (Wildman–Crippen LogP) is -6.89. The fourth-order valence-corrected chi connectivity index (χ4v) is 2.53. The van der Waals surface area contributed by atoms with Crippen LogP contribution in [0.2, 0.25) is 0 Å². The van der Waals surface area contributed by atoms with Crippen LogP contribution < -0.4 is 103 Å². The molecule has 1 unspecified atom stereocenters. The first-order valence-electron chi connectivity index (χ1n) is 7.79. The van der Waals surface area contributed by atoms with E-state index in [1.165, 1.54) is 38.5 Å². The van der Waals surface area contributed by atoms with Crippen LogP contribution in [0.15, 0.2) is 0 Å². The average Bonchev–Trinajstić information content (AvgIpc) is 2.43. The van der Waals surface area contributed by atoms with E-state index < -0.39 is 15.6 Å². The van der Waals surface area contributed by atoms with Gasteiger partial charge in [0.15, 0.2) is 0 Å². The van der Waals surface area contributed by atoms with Crippen molar-refractivity contribution in [2.24, 2.45) is 0 Å². The minimum atomic E-state index is -5.47. The van der Waals surface area contributed by atoms with Crippen LogP contribution in [0.25, 0.3) is 0 Å². The van der Waals surface area contributed by atoms with Crippen LogP contribution in [0, 0.1) is 0 Å². The molecule has 0 aliphatic carbocycles. The van der Waals surface area contributed by atoms with E-state index in [0.717, 1.165) is 19.3 Å². The molecule has 1 atom stereocenters. The van der Waals surface area contributed by atoms with Crippen molar-refractivity contribution in [3.8, 4) is 0 Å². The number of phosphoric ester groups is 1. The van der Waals surface area contributed by atoms with E-state index >= 15 is 0 Å². The zero-order valence-corrected chi connectivity index (χ0v) is 24.1. The number of hydrogen-bond acceptors (Lipinski definition) is 9. The van der Waals surface area contributed by atoms with Crippen molar-refractivity contribution in [1.29, 1.82) is 0 Å². The molecule has 0 fully saturated rings. The van der Waals surface area contributed by atoms with Gasteiger partial charge >= 0.3 is 96.5 Å². The van der Waals surface area contributed by atoms with E-state index in [2.05, 4.69) is 25.8 Å². The molecule has 0 aromatic rings. The third-order valence-corrected chi connectivity index (χ3v) is 3.98. The van der Waals surface area contributed by atoms with Crippen LogP contribution in [0.5, 0.6) is 0 Å². The largest absolute Gasteiger partial charge is 1.00 e. The molecule has 140 valence electrons. The van der Waals surface area contributed by atoms with E-state index in [1.54, 1.807) is 0 Å². The number of phosphoric acid groups is 2. The zero-order chi connectivity index (χ0) is 17.6. The Hall–Kier alpha value is 3.18. The number of unbranched alkanes of at least 4 members (excludes halogenated alkanes) is 9. The summed E-state index contributed by atoms with van der Waals surface area (Å²) < 4.78 is 32.2. The molecule has 14 heteroatoms. The Morgan fingerprint density at radius 1 is 0.692 bits per heavy atom. The van der Waals surface area contributed by atoms with Gasteiger partial charge in [-0.3, -0.25) is 4.57 Å². The van der Waals surface area contributed by atoms with E-state index in [1.807, 2.05) is 0 Å². The van der Waals surface area contributed by atoms with Crippen molar-refractivity contribution in [3.05, 3.63) is 0 Å². The predicted molar refractivity (Wildman–Crippen MR) is 76.3 cm³/mol. The first kappa shape index (κ1) is 36.5. The third kappa shape index (κ3) is 29.4. The molecule has 0 rings (SSSR count). The topological polar surface area (TPSA) is 140 Å². The van der Waals surface area contributed by atoms with Crippen molar-refractivity contribution in [2.75, 3.05) is 6.61 Å². The van der Waals surface area contributed by atoms with Gasteiger partial charge in [0.25, 0.3) is 0 Å². The second-order valence-corrected chi connectivity index (χ2v) is 7.47. The summed E-state index contributed by atoms with van der Waals surface area (Å²) in [7, 11) is -10.3. The van der Waals surface area contributed by atoms with Crippen LogP contribution >= 0.6 is 15.6 Å². The molecule has 0 heterocycles. The van der Waals surface area contributed by atoms with Crippen LogP contribution in [-0.4, -0.2) is 6.61 Å². The number of rotatable bonds is 16. The second kappa shape index (κ2) is 22.9. The summed E-state index contributed by atoms with van der Waals surface area (Å²) in [6.45, 7) is 2.06. The molecular formula is C12H25Na3O9P2. The molecule has 26 heavy (non-hydrogen) atoms. The maximum absolute atomic E-state index is 11.1. The summed E-state index contributed by atoms with van der Waals surface area (Å²) in [4.78, 5) is 31.0. The van der Waals surface area contributed by atoms with Gasteiger partial charge in [0, 0.05) is 0 Å². The van der Waals surface area contributed by atoms with Gasteiger partial charge < -0.3 is 23.8 Å². The molecule has 0 aromatic carbocycles. The van der Waals surface area contributed by atoms with Gasteiger partial charge in [-0.05, 0) is 6.42 Å². The molecular weight excluding hydrogens is 419 g/mol. The van der Waals surface area contributed by atoms with Gasteiger partial charge in [-0.25, -0.2) is 0 Å². The fraction of sp³-hybridized carbons (Fsp3) is 1.00. The van der Waals surface area contributed by atoms with E-state index in [4.69, 9.17) is 0 Å². The van der Waals surface area contributed by atoms with E-state index in [0.29, 0.717) is 6.42 Å². The molecule has 0 amide bonds. The van der Waals surface area contributed by atoms with Crippen molar-refractivity contribution in [2.45, 2.75) is 71.1 Å². The minimum absolute atomic E-state index is 0. The van der Waals surface area contributed by atoms with Crippen molar-refractivity contribution in [3.63, 3.8) is 0 Å². The first-order valence-corrected chi connectivity index (χ1v) is 10.7. The Kier molecular flexibility index (Phi) is 32.1. The van der Waals surface area contributed by atoms with Gasteiger partial charge in [-0.1, -0.05) is 69.7 Å². The van der Waals surface area contributed by atoms with Gasteiger partial charge in [-0.2, -0.15) is 4.67 Å². The third-order valence-electron chi connectivity index (χ3n) is 2.99. The van der Waals surface area contributed by atoms with Gasteiger partial charge in [0.2, 0.25) is 0 Å². The van der Waals surface area contributed by atoms with Crippen LogP contribution in [0.1, 0.15) is 71.1 Å². The second-order valence-electron chi connectivity index (χ2n) is 5.13. The zero-order valence-electron chi connectivity index (χ0n) is 16.3. The first-order chi connectivity index (χ1) is 10.8. The van der Waals surface area contributed by atoms with E-state index in [9.17, 15) is 23.8 Å². The monoisotopic (exact) mass is 444 g/mol. The summed E-state index contributed by atoms with van der Waals surface area (Å²) in [5, 5.41) is 3.32. The molecule has 0 spiro atoms. The smallest absolute Gasteiger partial charge is 0.787 e. The Morgan fingerprint density at radius 3 is 1.54 bits per heavy atom. The fourth-order valence-electron chi connectivity index (χ4n) is 1.88. The van der Waals surface area contributed by atoms with E-state index in [-0.39, 0.29) is 95.3 Å².